The van der Waals surface area contributed by atoms with Crippen LogP contribution in [0.25, 0.3) is 66.5 Å². The fourth-order valence-corrected chi connectivity index (χ4v) is 9.07. The number of benzene rings is 6. The first kappa shape index (κ1) is 28.6. The Balaban J connectivity index is 1.18. The Bertz CT molecular complexity index is 2730. The fourth-order valence-electron chi connectivity index (χ4n) is 7.38. The summed E-state index contributed by atoms with van der Waals surface area (Å²) in [4.78, 5) is 2.21. The van der Waals surface area contributed by atoms with Gasteiger partial charge in [0.25, 0.3) is 0 Å². The van der Waals surface area contributed by atoms with Crippen molar-refractivity contribution in [2.24, 2.45) is 0 Å². The molecule has 0 spiro atoms. The van der Waals surface area contributed by atoms with Crippen LogP contribution in [0.2, 0.25) is 0 Å². The molecule has 0 aliphatic heterocycles. The standard InChI is InChI=1S/C39H25N7S3/c1-39(2)28-12-7-6-11-26(28)27-16-15-23(21-29(27)39)25-18-20-33(38-35(25)42-49-45-38)46(31-14-8-13-30-36(31)43-47-40-30)32-19-17-24(22-9-4-3-5-10-22)34-37(32)44-48-41-34/h3-21H,1-2H3. The quantitative estimate of drug-likeness (QED) is 0.178. The first-order chi connectivity index (χ1) is 24.1. The molecule has 49 heavy (non-hydrogen) atoms. The lowest BCUT2D eigenvalue weighted by molar-refractivity contribution is 0.660. The van der Waals surface area contributed by atoms with E-state index in [1.54, 1.807) is 0 Å². The molecule has 3 aromatic heterocycles. The van der Waals surface area contributed by atoms with E-state index in [0.717, 1.165) is 72.4 Å². The normalized spacial score (nSPS) is 13.3. The van der Waals surface area contributed by atoms with Crippen LogP contribution in [0.3, 0.4) is 0 Å². The molecule has 10 rings (SSSR count). The summed E-state index contributed by atoms with van der Waals surface area (Å²) in [5.41, 5.74) is 17.2. The largest absolute Gasteiger partial charge is 0.304 e. The van der Waals surface area contributed by atoms with Gasteiger partial charge in [0.2, 0.25) is 0 Å². The number of anilines is 3. The number of rotatable bonds is 5. The maximum Gasteiger partial charge on any atom is 0.129 e. The summed E-state index contributed by atoms with van der Waals surface area (Å²) < 4.78 is 28.8. The average Bonchev–Trinajstić information content (AvgIpc) is 3.96. The van der Waals surface area contributed by atoms with Gasteiger partial charge >= 0.3 is 0 Å². The van der Waals surface area contributed by atoms with Gasteiger partial charge in [-0.05, 0) is 75.8 Å². The highest BCUT2D eigenvalue weighted by molar-refractivity contribution is 7.00. The van der Waals surface area contributed by atoms with Gasteiger partial charge in [0, 0.05) is 16.5 Å². The van der Waals surface area contributed by atoms with Crippen molar-refractivity contribution < 1.29 is 0 Å². The topological polar surface area (TPSA) is 80.6 Å². The van der Waals surface area contributed by atoms with Crippen LogP contribution in [0.5, 0.6) is 0 Å². The van der Waals surface area contributed by atoms with Crippen LogP contribution in [0.4, 0.5) is 17.1 Å². The molecule has 0 N–H and O–H groups in total. The van der Waals surface area contributed by atoms with E-state index in [9.17, 15) is 0 Å². The third kappa shape index (κ3) is 4.24. The van der Waals surface area contributed by atoms with Crippen molar-refractivity contribution in [3.05, 3.63) is 126 Å². The molecule has 0 radical (unpaired) electrons. The van der Waals surface area contributed by atoms with E-state index in [0.29, 0.717) is 0 Å². The lowest BCUT2D eigenvalue weighted by atomic mass is 9.81. The minimum Gasteiger partial charge on any atom is -0.304 e. The minimum absolute atomic E-state index is 0.1000. The van der Waals surface area contributed by atoms with E-state index in [1.165, 1.54) is 57.4 Å². The second-order valence-electron chi connectivity index (χ2n) is 12.7. The summed E-state index contributed by atoms with van der Waals surface area (Å²) in [5, 5.41) is 0. The predicted molar refractivity (Wildman–Crippen MR) is 202 cm³/mol. The van der Waals surface area contributed by atoms with E-state index in [1.807, 2.05) is 30.3 Å². The maximum absolute atomic E-state index is 4.93. The maximum atomic E-state index is 4.93. The van der Waals surface area contributed by atoms with Gasteiger partial charge in [-0.25, -0.2) is 0 Å². The number of hydrogen-bond donors (Lipinski definition) is 0. The van der Waals surface area contributed by atoms with Crippen LogP contribution in [-0.4, -0.2) is 26.2 Å². The molecule has 0 saturated heterocycles. The molecule has 234 valence electrons. The average molecular weight is 688 g/mol. The van der Waals surface area contributed by atoms with E-state index < -0.39 is 0 Å². The number of fused-ring (bicyclic) bond motifs is 6. The lowest BCUT2D eigenvalue weighted by Crippen LogP contribution is -2.15. The molecule has 10 heteroatoms. The van der Waals surface area contributed by atoms with Crippen molar-refractivity contribution in [2.75, 3.05) is 4.90 Å². The number of nitrogens with zero attached hydrogens (tertiary/aromatic N) is 7. The zero-order valence-corrected chi connectivity index (χ0v) is 28.8. The Morgan fingerprint density at radius 3 is 1.76 bits per heavy atom. The lowest BCUT2D eigenvalue weighted by Gasteiger charge is -2.26. The monoisotopic (exact) mass is 687 g/mol. The molecule has 6 aromatic carbocycles. The van der Waals surface area contributed by atoms with Gasteiger partial charge < -0.3 is 4.90 Å². The molecule has 3 heterocycles. The summed E-state index contributed by atoms with van der Waals surface area (Å²) in [6, 6.07) is 40.6. The molecule has 0 unspecified atom stereocenters. The second kappa shape index (κ2) is 10.8. The summed E-state index contributed by atoms with van der Waals surface area (Å²) in [5.74, 6) is 0. The second-order valence-corrected chi connectivity index (χ2v) is 14.3. The van der Waals surface area contributed by atoms with Crippen LogP contribution >= 0.6 is 35.2 Å². The molecular weight excluding hydrogens is 663 g/mol. The Labute approximate surface area is 294 Å². The molecule has 0 atom stereocenters. The summed E-state index contributed by atoms with van der Waals surface area (Å²) in [6.45, 7) is 4.63. The number of hydrogen-bond acceptors (Lipinski definition) is 10. The van der Waals surface area contributed by atoms with Crippen molar-refractivity contribution >= 4 is 85.3 Å². The molecule has 0 amide bonds. The Morgan fingerprint density at radius 2 is 1.00 bits per heavy atom. The van der Waals surface area contributed by atoms with Gasteiger partial charge in [0.1, 0.15) is 33.1 Å². The highest BCUT2D eigenvalue weighted by Crippen LogP contribution is 2.51. The third-order valence-electron chi connectivity index (χ3n) is 9.75. The van der Waals surface area contributed by atoms with Crippen LogP contribution in [0, 0.1) is 0 Å². The molecule has 0 saturated carbocycles. The molecule has 9 aromatic rings. The first-order valence-electron chi connectivity index (χ1n) is 15.9. The van der Waals surface area contributed by atoms with E-state index in [2.05, 4.69) is 108 Å². The van der Waals surface area contributed by atoms with Crippen molar-refractivity contribution in [2.45, 2.75) is 19.3 Å². The highest BCUT2D eigenvalue weighted by Gasteiger charge is 2.35. The summed E-state index contributed by atoms with van der Waals surface area (Å²) >= 11 is 3.66. The van der Waals surface area contributed by atoms with Gasteiger partial charge in [-0.3, -0.25) is 0 Å². The van der Waals surface area contributed by atoms with Crippen molar-refractivity contribution in [1.82, 2.24) is 26.2 Å². The van der Waals surface area contributed by atoms with E-state index in [4.69, 9.17) is 21.9 Å². The fraction of sp³-hybridized carbons (Fsp3) is 0.0769. The van der Waals surface area contributed by atoms with Crippen molar-refractivity contribution in [3.8, 4) is 33.4 Å². The van der Waals surface area contributed by atoms with Gasteiger partial charge in [0.15, 0.2) is 0 Å². The molecule has 0 bridgehead atoms. The Hall–Kier alpha value is -5.42. The third-order valence-corrected chi connectivity index (χ3v) is 11.4. The summed E-state index contributed by atoms with van der Waals surface area (Å²) in [7, 11) is 0. The zero-order chi connectivity index (χ0) is 32.7. The molecule has 7 nitrogen and oxygen atoms in total. The minimum atomic E-state index is -0.1000. The van der Waals surface area contributed by atoms with Crippen LogP contribution < -0.4 is 4.90 Å². The number of aromatic nitrogens is 6. The van der Waals surface area contributed by atoms with Crippen LogP contribution in [0.1, 0.15) is 25.0 Å². The van der Waals surface area contributed by atoms with E-state index >= 15 is 0 Å². The van der Waals surface area contributed by atoms with Crippen molar-refractivity contribution in [3.63, 3.8) is 0 Å². The highest BCUT2D eigenvalue weighted by atomic mass is 32.1. The zero-order valence-electron chi connectivity index (χ0n) is 26.3. The Morgan fingerprint density at radius 1 is 0.429 bits per heavy atom. The molecular formula is C39H25N7S3. The van der Waals surface area contributed by atoms with E-state index in [-0.39, 0.29) is 5.41 Å². The van der Waals surface area contributed by atoms with Gasteiger partial charge in [-0.2, -0.15) is 26.2 Å². The van der Waals surface area contributed by atoms with Gasteiger partial charge in [-0.1, -0.05) is 86.6 Å². The molecule has 1 aliphatic carbocycles. The first-order valence-corrected chi connectivity index (χ1v) is 18.1. The molecule has 0 fully saturated rings. The summed E-state index contributed by atoms with van der Waals surface area (Å²) in [6.07, 6.45) is 0. The Kier molecular flexibility index (Phi) is 6.30. The van der Waals surface area contributed by atoms with Crippen LogP contribution in [-0.2, 0) is 5.41 Å². The molecule has 1 aliphatic rings. The van der Waals surface area contributed by atoms with Crippen LogP contribution in [0.15, 0.2) is 115 Å². The van der Waals surface area contributed by atoms with Gasteiger partial charge in [-0.15, -0.1) is 0 Å². The van der Waals surface area contributed by atoms with Crippen molar-refractivity contribution in [1.29, 1.82) is 0 Å². The van der Waals surface area contributed by atoms with Gasteiger partial charge in [0.05, 0.1) is 52.2 Å². The smallest absolute Gasteiger partial charge is 0.129 e. The predicted octanol–water partition coefficient (Wildman–Crippen LogP) is 10.8. The SMILES string of the molecule is CC1(C)c2ccccc2-c2ccc(-c3ccc(N(c4cccc5nsnc45)c4ccc(-c5ccccc5)c5nsnc45)c4nsnc34)cc21.